The molecular weight excluding hydrogens is 180 g/mol. The Hall–Kier alpha value is -1.42. The molecule has 0 spiro atoms. The summed E-state index contributed by atoms with van der Waals surface area (Å²) >= 11 is 0. The topological polar surface area (TPSA) is 62.2 Å². The molecule has 0 aliphatic carbocycles. The second-order valence-electron chi connectivity index (χ2n) is 3.22. The number of hydrogen-bond acceptors (Lipinski definition) is 3. The summed E-state index contributed by atoms with van der Waals surface area (Å²) in [6.45, 7) is 3.48. The van der Waals surface area contributed by atoms with Gasteiger partial charge in [0.2, 0.25) is 0 Å². The third-order valence-corrected chi connectivity index (χ3v) is 1.77. The van der Waals surface area contributed by atoms with E-state index in [-0.39, 0.29) is 18.6 Å². The molecule has 76 valence electrons. The molecule has 1 aromatic heterocycles. The largest absolute Gasteiger partial charge is 0.394 e. The molecule has 1 atom stereocenters. The van der Waals surface area contributed by atoms with E-state index in [9.17, 15) is 4.79 Å². The van der Waals surface area contributed by atoms with Crippen LogP contribution in [0.3, 0.4) is 0 Å². The summed E-state index contributed by atoms with van der Waals surface area (Å²) in [7, 11) is 0. The summed E-state index contributed by atoms with van der Waals surface area (Å²) in [5.74, 6) is -0.254. The Bertz CT molecular complexity index is 326. The number of nitrogens with zero attached hydrogens (tertiary/aromatic N) is 1. The van der Waals surface area contributed by atoms with E-state index in [1.54, 1.807) is 19.1 Å². The third-order valence-electron chi connectivity index (χ3n) is 1.77. The van der Waals surface area contributed by atoms with Gasteiger partial charge in [-0.05, 0) is 26.0 Å². The van der Waals surface area contributed by atoms with E-state index in [0.29, 0.717) is 5.69 Å². The summed E-state index contributed by atoms with van der Waals surface area (Å²) in [5.41, 5.74) is 1.18. The van der Waals surface area contributed by atoms with Crippen LogP contribution in [0.2, 0.25) is 0 Å². The molecule has 0 saturated carbocycles. The molecule has 1 unspecified atom stereocenters. The van der Waals surface area contributed by atoms with E-state index in [1.165, 1.54) is 0 Å². The second-order valence-corrected chi connectivity index (χ2v) is 3.22. The Balaban J connectivity index is 2.70. The minimum Gasteiger partial charge on any atom is -0.394 e. The fraction of sp³-hybridized carbons (Fsp3) is 0.400. The fourth-order valence-corrected chi connectivity index (χ4v) is 1.01. The summed E-state index contributed by atoms with van der Waals surface area (Å²) in [6, 6.07) is 5.00. The van der Waals surface area contributed by atoms with Gasteiger partial charge >= 0.3 is 0 Å². The van der Waals surface area contributed by atoms with Crippen LogP contribution in [0.1, 0.15) is 23.1 Å². The number of nitrogens with one attached hydrogen (secondary N) is 1. The van der Waals surface area contributed by atoms with E-state index in [1.807, 2.05) is 13.0 Å². The Kier molecular flexibility index (Phi) is 3.59. The van der Waals surface area contributed by atoms with Crippen molar-refractivity contribution in [3.05, 3.63) is 29.6 Å². The number of pyridine rings is 1. The smallest absolute Gasteiger partial charge is 0.270 e. The maximum absolute atomic E-state index is 11.5. The first-order valence-corrected chi connectivity index (χ1v) is 4.49. The van der Waals surface area contributed by atoms with Gasteiger partial charge in [-0.15, -0.1) is 0 Å². The van der Waals surface area contributed by atoms with Crippen LogP contribution in [0.4, 0.5) is 0 Å². The number of carbonyl (C=O) groups is 1. The molecular formula is C10H14N2O2. The summed E-state index contributed by atoms with van der Waals surface area (Å²) in [4.78, 5) is 15.5. The minimum absolute atomic E-state index is 0.0719. The Morgan fingerprint density at radius 2 is 2.36 bits per heavy atom. The Labute approximate surface area is 83.0 Å². The van der Waals surface area contributed by atoms with Crippen molar-refractivity contribution in [2.24, 2.45) is 0 Å². The number of aryl methyl sites for hydroxylation is 1. The van der Waals surface area contributed by atoms with Crippen molar-refractivity contribution in [3.63, 3.8) is 0 Å². The highest BCUT2D eigenvalue weighted by Gasteiger charge is 2.09. The predicted molar refractivity (Wildman–Crippen MR) is 53.0 cm³/mol. The van der Waals surface area contributed by atoms with Crippen molar-refractivity contribution >= 4 is 5.91 Å². The lowest BCUT2D eigenvalue weighted by molar-refractivity contribution is 0.0917. The average molecular weight is 194 g/mol. The second kappa shape index (κ2) is 4.72. The standard InChI is InChI=1S/C10H14N2O2/c1-7-4-3-5-9(11-7)10(14)12-8(2)6-13/h3-5,8,13H,6H2,1-2H3,(H,12,14). The van der Waals surface area contributed by atoms with Crippen molar-refractivity contribution in [2.75, 3.05) is 6.61 Å². The van der Waals surface area contributed by atoms with Crippen molar-refractivity contribution in [1.82, 2.24) is 10.3 Å². The van der Waals surface area contributed by atoms with E-state index in [2.05, 4.69) is 10.3 Å². The molecule has 1 amide bonds. The van der Waals surface area contributed by atoms with Gasteiger partial charge in [0, 0.05) is 11.7 Å². The number of hydrogen-bond donors (Lipinski definition) is 2. The van der Waals surface area contributed by atoms with Crippen molar-refractivity contribution in [3.8, 4) is 0 Å². The van der Waals surface area contributed by atoms with Gasteiger partial charge < -0.3 is 10.4 Å². The molecule has 1 aromatic rings. The number of amides is 1. The summed E-state index contributed by atoms with van der Waals surface area (Å²) in [5, 5.41) is 11.4. The van der Waals surface area contributed by atoms with Gasteiger partial charge in [-0.25, -0.2) is 4.98 Å². The SMILES string of the molecule is Cc1cccc(C(=O)NC(C)CO)n1. The van der Waals surface area contributed by atoms with Gasteiger partial charge in [-0.2, -0.15) is 0 Å². The monoisotopic (exact) mass is 194 g/mol. The van der Waals surface area contributed by atoms with Crippen LogP contribution in [-0.4, -0.2) is 28.6 Å². The predicted octanol–water partition coefficient (Wildman–Crippen LogP) is 0.501. The lowest BCUT2D eigenvalue weighted by atomic mass is 10.3. The zero-order chi connectivity index (χ0) is 10.6. The maximum atomic E-state index is 11.5. The van der Waals surface area contributed by atoms with E-state index >= 15 is 0 Å². The summed E-state index contributed by atoms with van der Waals surface area (Å²) in [6.07, 6.45) is 0. The molecule has 0 bridgehead atoms. The van der Waals surface area contributed by atoms with Gasteiger partial charge in [-0.1, -0.05) is 6.07 Å². The van der Waals surface area contributed by atoms with Gasteiger partial charge in [0.05, 0.1) is 6.61 Å². The van der Waals surface area contributed by atoms with Crippen molar-refractivity contribution in [2.45, 2.75) is 19.9 Å². The lowest BCUT2D eigenvalue weighted by Crippen LogP contribution is -2.35. The van der Waals surface area contributed by atoms with Crippen LogP contribution in [0, 0.1) is 6.92 Å². The van der Waals surface area contributed by atoms with Crippen molar-refractivity contribution < 1.29 is 9.90 Å². The third kappa shape index (κ3) is 2.81. The molecule has 0 aromatic carbocycles. The lowest BCUT2D eigenvalue weighted by Gasteiger charge is -2.10. The molecule has 1 rings (SSSR count). The molecule has 1 heterocycles. The fourth-order valence-electron chi connectivity index (χ4n) is 1.01. The molecule has 0 saturated heterocycles. The average Bonchev–Trinajstić information content (AvgIpc) is 2.17. The number of carbonyl (C=O) groups excluding carboxylic acids is 1. The first-order chi connectivity index (χ1) is 6.63. The molecule has 0 aliphatic heterocycles. The first-order valence-electron chi connectivity index (χ1n) is 4.49. The molecule has 4 nitrogen and oxygen atoms in total. The molecule has 0 radical (unpaired) electrons. The van der Waals surface area contributed by atoms with Crippen LogP contribution in [-0.2, 0) is 0 Å². The van der Waals surface area contributed by atoms with Crippen LogP contribution < -0.4 is 5.32 Å². The Morgan fingerprint density at radius 1 is 1.64 bits per heavy atom. The number of aliphatic hydroxyl groups is 1. The highest BCUT2D eigenvalue weighted by molar-refractivity contribution is 5.92. The number of aliphatic hydroxyl groups excluding tert-OH is 1. The normalized spacial score (nSPS) is 12.2. The zero-order valence-corrected chi connectivity index (χ0v) is 8.32. The zero-order valence-electron chi connectivity index (χ0n) is 8.32. The highest BCUT2D eigenvalue weighted by Crippen LogP contribution is 1.98. The van der Waals surface area contributed by atoms with Crippen LogP contribution in [0.15, 0.2) is 18.2 Å². The van der Waals surface area contributed by atoms with E-state index in [0.717, 1.165) is 5.69 Å². The van der Waals surface area contributed by atoms with Crippen LogP contribution >= 0.6 is 0 Å². The van der Waals surface area contributed by atoms with Crippen molar-refractivity contribution in [1.29, 1.82) is 0 Å². The van der Waals surface area contributed by atoms with Gasteiger partial charge in [0.25, 0.3) is 5.91 Å². The molecule has 2 N–H and O–H groups in total. The molecule has 0 aliphatic rings. The first kappa shape index (κ1) is 10.7. The Morgan fingerprint density at radius 3 is 2.93 bits per heavy atom. The van der Waals surface area contributed by atoms with Gasteiger partial charge in [0.15, 0.2) is 0 Å². The van der Waals surface area contributed by atoms with Crippen LogP contribution in [0.25, 0.3) is 0 Å². The van der Waals surface area contributed by atoms with Crippen LogP contribution in [0.5, 0.6) is 0 Å². The number of rotatable bonds is 3. The number of aromatic nitrogens is 1. The quantitative estimate of drug-likeness (QED) is 0.736. The van der Waals surface area contributed by atoms with E-state index in [4.69, 9.17) is 5.11 Å². The molecule has 14 heavy (non-hydrogen) atoms. The van der Waals surface area contributed by atoms with Gasteiger partial charge in [-0.3, -0.25) is 4.79 Å². The molecule has 4 heteroatoms. The minimum atomic E-state index is -0.254. The molecule has 0 fully saturated rings. The maximum Gasteiger partial charge on any atom is 0.270 e. The summed E-state index contributed by atoms with van der Waals surface area (Å²) < 4.78 is 0. The van der Waals surface area contributed by atoms with Gasteiger partial charge in [0.1, 0.15) is 5.69 Å². The highest BCUT2D eigenvalue weighted by atomic mass is 16.3. The van der Waals surface area contributed by atoms with E-state index < -0.39 is 0 Å².